The van der Waals surface area contributed by atoms with Crippen molar-refractivity contribution in [1.29, 1.82) is 0 Å². The Morgan fingerprint density at radius 2 is 2.06 bits per heavy atom. The fraction of sp³-hybridized carbons (Fsp3) is 0.500. The number of phenols is 1. The number of hydrogen-bond donors (Lipinski definition) is 2. The van der Waals surface area contributed by atoms with E-state index >= 15 is 0 Å². The third-order valence-corrected chi connectivity index (χ3v) is 3.53. The summed E-state index contributed by atoms with van der Waals surface area (Å²) in [7, 11) is 0. The highest BCUT2D eigenvalue weighted by molar-refractivity contribution is 6.33. The van der Waals surface area contributed by atoms with Crippen molar-refractivity contribution in [2.75, 3.05) is 0 Å². The van der Waals surface area contributed by atoms with Crippen molar-refractivity contribution in [2.24, 2.45) is 5.90 Å². The van der Waals surface area contributed by atoms with Crippen molar-refractivity contribution in [3.8, 4) is 5.75 Å². The predicted molar refractivity (Wildman–Crippen MR) is 63.4 cm³/mol. The number of aromatic hydroxyl groups is 1. The molecule has 1 aromatic carbocycles. The number of halogens is 1. The van der Waals surface area contributed by atoms with Gasteiger partial charge in [0.15, 0.2) is 0 Å². The maximum Gasteiger partial charge on any atom is 0.140 e. The Kier molecular flexibility index (Phi) is 3.69. The van der Waals surface area contributed by atoms with Crippen LogP contribution in [0.2, 0.25) is 5.02 Å². The van der Waals surface area contributed by atoms with Gasteiger partial charge in [0.05, 0.1) is 11.6 Å². The first-order valence-corrected chi connectivity index (χ1v) is 5.95. The van der Waals surface area contributed by atoms with Crippen LogP contribution < -0.4 is 5.90 Å². The zero-order valence-corrected chi connectivity index (χ0v) is 9.89. The van der Waals surface area contributed by atoms with Crippen LogP contribution in [0.3, 0.4) is 0 Å². The monoisotopic (exact) mass is 241 g/mol. The Hall–Kier alpha value is -0.770. The van der Waals surface area contributed by atoms with Gasteiger partial charge in [-0.2, -0.15) is 0 Å². The molecule has 4 heteroatoms. The van der Waals surface area contributed by atoms with Gasteiger partial charge in [-0.15, -0.1) is 0 Å². The van der Waals surface area contributed by atoms with Crippen LogP contribution in [0.5, 0.6) is 5.75 Å². The van der Waals surface area contributed by atoms with E-state index in [1.807, 2.05) is 6.07 Å². The minimum absolute atomic E-state index is 0.118. The smallest absolute Gasteiger partial charge is 0.140 e. The Morgan fingerprint density at radius 1 is 1.31 bits per heavy atom. The van der Waals surface area contributed by atoms with Crippen molar-refractivity contribution in [1.82, 2.24) is 0 Å². The fourth-order valence-electron chi connectivity index (χ4n) is 2.28. The molecule has 1 aromatic rings. The van der Waals surface area contributed by atoms with E-state index in [-0.39, 0.29) is 12.4 Å². The van der Waals surface area contributed by atoms with Gasteiger partial charge in [-0.25, -0.2) is 5.90 Å². The first-order valence-electron chi connectivity index (χ1n) is 5.57. The van der Waals surface area contributed by atoms with Gasteiger partial charge < -0.3 is 5.11 Å². The minimum atomic E-state index is 0.118. The average Bonchev–Trinajstić information content (AvgIpc) is 2.51. The topological polar surface area (TPSA) is 55.5 Å². The van der Waals surface area contributed by atoms with Crippen LogP contribution in [-0.4, -0.2) is 5.11 Å². The number of nitrogens with two attached hydrogens (primary N) is 1. The van der Waals surface area contributed by atoms with Gasteiger partial charge in [0.1, 0.15) is 5.75 Å². The maximum atomic E-state index is 9.91. The van der Waals surface area contributed by atoms with Crippen molar-refractivity contribution in [3.63, 3.8) is 0 Å². The third-order valence-electron chi connectivity index (χ3n) is 3.12. The summed E-state index contributed by atoms with van der Waals surface area (Å²) in [6, 6.07) is 1.97. The molecule has 3 nitrogen and oxygen atoms in total. The molecule has 0 heterocycles. The number of rotatable bonds is 2. The molecule has 1 aliphatic carbocycles. The molecule has 0 atom stereocenters. The molecule has 2 rings (SSSR count). The average molecular weight is 242 g/mol. The molecule has 3 N–H and O–H groups in total. The zero-order valence-electron chi connectivity index (χ0n) is 9.13. The highest BCUT2D eigenvalue weighted by Gasteiger charge is 2.17. The van der Waals surface area contributed by atoms with Crippen molar-refractivity contribution in [3.05, 3.63) is 27.8 Å². The van der Waals surface area contributed by atoms with E-state index in [4.69, 9.17) is 17.5 Å². The van der Waals surface area contributed by atoms with E-state index in [1.165, 1.54) is 18.4 Å². The van der Waals surface area contributed by atoms with Gasteiger partial charge in [0.25, 0.3) is 0 Å². The zero-order chi connectivity index (χ0) is 11.5. The van der Waals surface area contributed by atoms with E-state index in [0.29, 0.717) is 10.6 Å². The van der Waals surface area contributed by atoms with Crippen LogP contribution in [0.15, 0.2) is 6.07 Å². The molecule has 0 unspecified atom stereocenters. The summed E-state index contributed by atoms with van der Waals surface area (Å²) < 4.78 is 0. The molecule has 0 aromatic heterocycles. The molecular formula is C12H16ClNO2. The molecule has 0 saturated carbocycles. The van der Waals surface area contributed by atoms with Gasteiger partial charge >= 0.3 is 0 Å². The highest BCUT2D eigenvalue weighted by atomic mass is 35.5. The molecule has 88 valence electrons. The van der Waals surface area contributed by atoms with E-state index in [1.54, 1.807) is 0 Å². The first-order chi connectivity index (χ1) is 7.74. The fourth-order valence-corrected chi connectivity index (χ4v) is 2.62. The van der Waals surface area contributed by atoms with E-state index in [2.05, 4.69) is 4.84 Å². The summed E-state index contributed by atoms with van der Waals surface area (Å²) >= 11 is 6.18. The van der Waals surface area contributed by atoms with Crippen molar-refractivity contribution < 1.29 is 9.94 Å². The van der Waals surface area contributed by atoms with E-state index < -0.39 is 0 Å². The van der Waals surface area contributed by atoms with Crippen molar-refractivity contribution in [2.45, 2.75) is 38.7 Å². The largest absolute Gasteiger partial charge is 0.506 e. The predicted octanol–water partition coefficient (Wildman–Crippen LogP) is 2.70. The lowest BCUT2D eigenvalue weighted by molar-refractivity contribution is 0.122. The van der Waals surface area contributed by atoms with Crippen LogP contribution in [-0.2, 0) is 24.3 Å². The van der Waals surface area contributed by atoms with Gasteiger partial charge in [0.2, 0.25) is 0 Å². The maximum absolute atomic E-state index is 9.91. The Labute approximate surface area is 100 Å². The molecular weight excluding hydrogens is 226 g/mol. The van der Waals surface area contributed by atoms with Crippen LogP contribution in [0.25, 0.3) is 0 Å². The first kappa shape index (κ1) is 11.7. The molecule has 0 aliphatic heterocycles. The quantitative estimate of drug-likeness (QED) is 0.618. The van der Waals surface area contributed by atoms with Crippen LogP contribution in [0.1, 0.15) is 36.0 Å². The molecule has 0 bridgehead atoms. The number of hydrogen-bond acceptors (Lipinski definition) is 3. The molecule has 0 amide bonds. The van der Waals surface area contributed by atoms with Crippen LogP contribution >= 0.6 is 11.6 Å². The molecule has 1 aliphatic rings. The highest BCUT2D eigenvalue weighted by Crippen LogP contribution is 2.37. The normalized spacial score (nSPS) is 15.6. The second-order valence-electron chi connectivity index (χ2n) is 4.21. The number of benzene rings is 1. The lowest BCUT2D eigenvalue weighted by Crippen LogP contribution is -2.02. The van der Waals surface area contributed by atoms with E-state index in [0.717, 1.165) is 24.8 Å². The molecule has 16 heavy (non-hydrogen) atoms. The number of phenolic OH excluding ortho intramolecular Hbond substituents is 1. The summed E-state index contributed by atoms with van der Waals surface area (Å²) in [6.45, 7) is 0.193. The second kappa shape index (κ2) is 5.04. The standard InChI is InChI=1S/C12H16ClNO2/c13-11-10-5-3-1-2-4-8(10)6-9(7-16-14)12(11)15/h6,15H,1-5,7,14H2. The summed E-state index contributed by atoms with van der Waals surface area (Å²) in [5.74, 6) is 5.15. The Balaban J connectivity index is 2.46. The molecule has 0 spiro atoms. The molecule has 0 saturated heterocycles. The summed E-state index contributed by atoms with van der Waals surface area (Å²) in [5.41, 5.74) is 3.00. The summed E-state index contributed by atoms with van der Waals surface area (Å²) in [5, 5.41) is 10.4. The number of fused-ring (bicyclic) bond motifs is 1. The van der Waals surface area contributed by atoms with Crippen molar-refractivity contribution >= 4 is 11.6 Å². The van der Waals surface area contributed by atoms with Gasteiger partial charge in [0, 0.05) is 5.56 Å². The SMILES string of the molecule is NOCc1cc2c(c(Cl)c1O)CCCCC2. The summed E-state index contributed by atoms with van der Waals surface area (Å²) in [4.78, 5) is 4.57. The number of aryl methyl sites for hydroxylation is 1. The Bertz CT molecular complexity index is 393. The van der Waals surface area contributed by atoms with E-state index in [9.17, 15) is 5.11 Å². The van der Waals surface area contributed by atoms with Gasteiger partial charge in [-0.1, -0.05) is 18.0 Å². The Morgan fingerprint density at radius 3 is 2.81 bits per heavy atom. The minimum Gasteiger partial charge on any atom is -0.506 e. The summed E-state index contributed by atoms with van der Waals surface area (Å²) in [6.07, 6.45) is 5.50. The molecule has 0 radical (unpaired) electrons. The van der Waals surface area contributed by atoms with Crippen LogP contribution in [0, 0.1) is 0 Å². The van der Waals surface area contributed by atoms with Gasteiger partial charge in [-0.3, -0.25) is 4.84 Å². The van der Waals surface area contributed by atoms with Crippen LogP contribution in [0.4, 0.5) is 0 Å². The van der Waals surface area contributed by atoms with Gasteiger partial charge in [-0.05, 0) is 42.9 Å². The lowest BCUT2D eigenvalue weighted by Gasteiger charge is -2.13. The second-order valence-corrected chi connectivity index (χ2v) is 4.59. The molecule has 0 fully saturated rings. The third kappa shape index (κ3) is 2.17. The lowest BCUT2D eigenvalue weighted by atomic mass is 9.99.